The maximum atomic E-state index is 12.3. The molecule has 6 heteroatoms. The van der Waals surface area contributed by atoms with E-state index in [1.165, 1.54) is 17.5 Å². The SMILES string of the molecule is Cc1ccc(C[C@@H]2CCCN(c3nc4c(cnn4C)c(=O)[nH]3)C2)cc1. The highest BCUT2D eigenvalue weighted by Gasteiger charge is 2.23. The van der Waals surface area contributed by atoms with E-state index < -0.39 is 0 Å². The number of aryl methyl sites for hydroxylation is 2. The molecule has 4 rings (SSSR count). The maximum Gasteiger partial charge on any atom is 0.263 e. The fourth-order valence-corrected chi connectivity index (χ4v) is 3.65. The second-order valence-electron chi connectivity index (χ2n) is 7.04. The summed E-state index contributed by atoms with van der Waals surface area (Å²) in [4.78, 5) is 22.1. The first-order valence-corrected chi connectivity index (χ1v) is 8.82. The predicted octanol–water partition coefficient (Wildman–Crippen LogP) is 2.42. The molecule has 0 bridgehead atoms. The molecule has 1 aliphatic heterocycles. The Labute approximate surface area is 146 Å². The lowest BCUT2D eigenvalue weighted by Crippen LogP contribution is -2.38. The third kappa shape index (κ3) is 3.16. The van der Waals surface area contributed by atoms with Crippen LogP contribution in [0.3, 0.4) is 0 Å². The molecule has 0 amide bonds. The lowest BCUT2D eigenvalue weighted by atomic mass is 9.91. The van der Waals surface area contributed by atoms with E-state index in [1.807, 2.05) is 7.05 Å². The zero-order chi connectivity index (χ0) is 17.4. The van der Waals surface area contributed by atoms with Crippen molar-refractivity contribution in [2.24, 2.45) is 13.0 Å². The van der Waals surface area contributed by atoms with Crippen molar-refractivity contribution < 1.29 is 0 Å². The molecule has 0 spiro atoms. The van der Waals surface area contributed by atoms with Crippen molar-refractivity contribution in [3.05, 3.63) is 51.9 Å². The van der Waals surface area contributed by atoms with Crippen LogP contribution < -0.4 is 10.5 Å². The number of aromatic nitrogens is 4. The number of aromatic amines is 1. The molecule has 130 valence electrons. The fourth-order valence-electron chi connectivity index (χ4n) is 3.65. The van der Waals surface area contributed by atoms with E-state index in [1.54, 1.807) is 10.9 Å². The molecule has 2 aromatic heterocycles. The smallest absolute Gasteiger partial charge is 0.263 e. The zero-order valence-corrected chi connectivity index (χ0v) is 14.7. The Balaban J connectivity index is 1.55. The second kappa shape index (κ2) is 6.35. The Morgan fingerprint density at radius 2 is 2.08 bits per heavy atom. The van der Waals surface area contributed by atoms with Gasteiger partial charge in [0.1, 0.15) is 5.39 Å². The van der Waals surface area contributed by atoms with Gasteiger partial charge in [-0.15, -0.1) is 0 Å². The molecular formula is C19H23N5O. The van der Waals surface area contributed by atoms with E-state index in [-0.39, 0.29) is 5.56 Å². The summed E-state index contributed by atoms with van der Waals surface area (Å²) < 4.78 is 1.65. The van der Waals surface area contributed by atoms with E-state index >= 15 is 0 Å². The van der Waals surface area contributed by atoms with Gasteiger partial charge >= 0.3 is 0 Å². The Kier molecular flexibility index (Phi) is 4.03. The van der Waals surface area contributed by atoms with Crippen LogP contribution >= 0.6 is 0 Å². The van der Waals surface area contributed by atoms with Crippen LogP contribution in [0.4, 0.5) is 5.95 Å². The predicted molar refractivity (Wildman–Crippen MR) is 98.9 cm³/mol. The number of benzene rings is 1. The van der Waals surface area contributed by atoms with Gasteiger partial charge in [0, 0.05) is 20.1 Å². The minimum absolute atomic E-state index is 0.117. The van der Waals surface area contributed by atoms with Gasteiger partial charge in [-0.2, -0.15) is 10.1 Å². The van der Waals surface area contributed by atoms with Crippen LogP contribution in [0.2, 0.25) is 0 Å². The van der Waals surface area contributed by atoms with E-state index in [9.17, 15) is 4.79 Å². The van der Waals surface area contributed by atoms with Crippen molar-refractivity contribution in [1.82, 2.24) is 19.7 Å². The van der Waals surface area contributed by atoms with Crippen LogP contribution in [0.1, 0.15) is 24.0 Å². The monoisotopic (exact) mass is 337 g/mol. The highest BCUT2D eigenvalue weighted by Crippen LogP contribution is 2.24. The van der Waals surface area contributed by atoms with Crippen molar-refractivity contribution >= 4 is 17.0 Å². The van der Waals surface area contributed by atoms with Gasteiger partial charge in [-0.3, -0.25) is 14.5 Å². The van der Waals surface area contributed by atoms with Gasteiger partial charge in [-0.25, -0.2) is 0 Å². The molecule has 0 aliphatic carbocycles. The Bertz CT molecular complexity index is 941. The van der Waals surface area contributed by atoms with Crippen LogP contribution in [0.5, 0.6) is 0 Å². The third-order valence-electron chi connectivity index (χ3n) is 5.05. The highest BCUT2D eigenvalue weighted by molar-refractivity contribution is 5.74. The van der Waals surface area contributed by atoms with Gasteiger partial charge in [0.15, 0.2) is 5.65 Å². The molecule has 0 saturated carbocycles. The van der Waals surface area contributed by atoms with Crippen molar-refractivity contribution in [2.75, 3.05) is 18.0 Å². The number of hydrogen-bond donors (Lipinski definition) is 1. The Hall–Kier alpha value is -2.63. The van der Waals surface area contributed by atoms with Crippen LogP contribution in [0.15, 0.2) is 35.3 Å². The van der Waals surface area contributed by atoms with Crippen molar-refractivity contribution in [1.29, 1.82) is 0 Å². The molecular weight excluding hydrogens is 314 g/mol. The molecule has 0 radical (unpaired) electrons. The Morgan fingerprint density at radius 3 is 2.88 bits per heavy atom. The van der Waals surface area contributed by atoms with Gasteiger partial charge < -0.3 is 4.90 Å². The molecule has 1 N–H and O–H groups in total. The summed E-state index contributed by atoms with van der Waals surface area (Å²) in [6, 6.07) is 8.78. The minimum Gasteiger partial charge on any atom is -0.342 e. The summed E-state index contributed by atoms with van der Waals surface area (Å²) in [5.41, 5.74) is 3.19. The molecule has 3 aromatic rings. The standard InChI is InChI=1S/C19H23N5O/c1-13-5-7-14(8-6-13)10-15-4-3-9-24(12-15)19-21-17-16(18(25)22-19)11-20-23(17)2/h5-8,11,15H,3-4,9-10,12H2,1-2H3,(H,21,22,25)/t15-/m0/s1. The average Bonchev–Trinajstić information content (AvgIpc) is 2.99. The van der Waals surface area contributed by atoms with Gasteiger partial charge in [0.05, 0.1) is 6.20 Å². The zero-order valence-electron chi connectivity index (χ0n) is 14.7. The summed E-state index contributed by atoms with van der Waals surface area (Å²) in [6.45, 7) is 3.96. The van der Waals surface area contributed by atoms with Gasteiger partial charge in [-0.05, 0) is 37.7 Å². The molecule has 1 saturated heterocycles. The normalized spacial score (nSPS) is 18.0. The number of rotatable bonds is 3. The molecule has 1 fully saturated rings. The topological polar surface area (TPSA) is 66.8 Å². The van der Waals surface area contributed by atoms with E-state index in [2.05, 4.69) is 51.2 Å². The van der Waals surface area contributed by atoms with Gasteiger partial charge in [0.25, 0.3) is 5.56 Å². The largest absolute Gasteiger partial charge is 0.342 e. The summed E-state index contributed by atoms with van der Waals surface area (Å²) in [7, 11) is 1.81. The summed E-state index contributed by atoms with van der Waals surface area (Å²) in [5.74, 6) is 1.23. The van der Waals surface area contributed by atoms with Crippen LogP contribution in [0.25, 0.3) is 11.0 Å². The number of anilines is 1. The quantitative estimate of drug-likeness (QED) is 0.797. The second-order valence-corrected chi connectivity index (χ2v) is 7.04. The lowest BCUT2D eigenvalue weighted by molar-refractivity contribution is 0.409. The fraction of sp³-hybridized carbons (Fsp3) is 0.421. The van der Waals surface area contributed by atoms with E-state index in [4.69, 9.17) is 0 Å². The number of nitrogens with one attached hydrogen (secondary N) is 1. The maximum absolute atomic E-state index is 12.3. The Morgan fingerprint density at radius 1 is 1.28 bits per heavy atom. The first-order valence-electron chi connectivity index (χ1n) is 8.82. The number of nitrogens with zero attached hydrogens (tertiary/aromatic N) is 4. The third-order valence-corrected chi connectivity index (χ3v) is 5.05. The van der Waals surface area contributed by atoms with Crippen molar-refractivity contribution in [3.63, 3.8) is 0 Å². The summed E-state index contributed by atoms with van der Waals surface area (Å²) in [5, 5.41) is 4.68. The van der Waals surface area contributed by atoms with Crippen LogP contribution in [-0.4, -0.2) is 32.8 Å². The van der Waals surface area contributed by atoms with E-state index in [0.29, 0.717) is 22.9 Å². The number of hydrogen-bond acceptors (Lipinski definition) is 4. The van der Waals surface area contributed by atoms with Gasteiger partial charge in [0.2, 0.25) is 5.95 Å². The molecule has 1 aliphatic rings. The van der Waals surface area contributed by atoms with E-state index in [0.717, 1.165) is 25.9 Å². The molecule has 1 atom stereocenters. The van der Waals surface area contributed by atoms with Crippen molar-refractivity contribution in [2.45, 2.75) is 26.2 Å². The number of fused-ring (bicyclic) bond motifs is 1. The summed E-state index contributed by atoms with van der Waals surface area (Å²) in [6.07, 6.45) is 4.96. The first-order chi connectivity index (χ1) is 12.1. The lowest BCUT2D eigenvalue weighted by Gasteiger charge is -2.33. The van der Waals surface area contributed by atoms with Crippen LogP contribution in [0, 0.1) is 12.8 Å². The van der Waals surface area contributed by atoms with Crippen molar-refractivity contribution in [3.8, 4) is 0 Å². The average molecular weight is 337 g/mol. The first kappa shape index (κ1) is 15.9. The molecule has 0 unspecified atom stereocenters. The van der Waals surface area contributed by atoms with Gasteiger partial charge in [-0.1, -0.05) is 29.8 Å². The summed E-state index contributed by atoms with van der Waals surface area (Å²) >= 11 is 0. The highest BCUT2D eigenvalue weighted by atomic mass is 16.1. The number of piperidine rings is 1. The molecule has 1 aromatic carbocycles. The molecule has 25 heavy (non-hydrogen) atoms. The van der Waals surface area contributed by atoms with Crippen LogP contribution in [-0.2, 0) is 13.5 Å². The minimum atomic E-state index is -0.117. The number of H-pyrrole nitrogens is 1. The molecule has 6 nitrogen and oxygen atoms in total. The molecule has 3 heterocycles.